The Hall–Kier alpha value is -1.65. The molecule has 0 aliphatic carbocycles. The van der Waals surface area contributed by atoms with Crippen molar-refractivity contribution in [3.05, 3.63) is 42.4 Å². The minimum atomic E-state index is -0.706. The van der Waals surface area contributed by atoms with Crippen LogP contribution in [0.4, 0.5) is 0 Å². The normalized spacial score (nSPS) is 31.9. The maximum absolute atomic E-state index is 10.8. The molecule has 1 fully saturated rings. The lowest BCUT2D eigenvalue weighted by atomic mass is 9.78. The number of fused-ring (bicyclic) bond motifs is 3. The molecule has 1 saturated heterocycles. The number of hydrogen-bond acceptors (Lipinski definition) is 3. The van der Waals surface area contributed by atoms with Gasteiger partial charge in [0.1, 0.15) is 0 Å². The van der Waals surface area contributed by atoms with Gasteiger partial charge in [-0.2, -0.15) is 0 Å². The molecule has 3 heterocycles. The van der Waals surface area contributed by atoms with E-state index in [1.54, 1.807) is 0 Å². The van der Waals surface area contributed by atoms with Crippen LogP contribution in [0.25, 0.3) is 11.3 Å². The number of benzene rings is 1. The third-order valence-corrected chi connectivity index (χ3v) is 4.75. The lowest BCUT2D eigenvalue weighted by molar-refractivity contribution is -0.112. The zero-order valence-electron chi connectivity index (χ0n) is 11.5. The van der Waals surface area contributed by atoms with Crippen LogP contribution >= 0.6 is 0 Å². The summed E-state index contributed by atoms with van der Waals surface area (Å²) in [5, 5.41) is 10.8. The first kappa shape index (κ1) is 12.1. The van der Waals surface area contributed by atoms with E-state index in [1.165, 1.54) is 11.1 Å². The lowest BCUT2D eigenvalue weighted by Crippen LogP contribution is -2.46. The van der Waals surface area contributed by atoms with E-state index >= 15 is 0 Å². The number of nitrogens with zero attached hydrogens (tertiary/aromatic N) is 2. The largest absolute Gasteiger partial charge is 0.390 e. The first-order valence-corrected chi connectivity index (χ1v) is 7.10. The van der Waals surface area contributed by atoms with Gasteiger partial charge in [0.25, 0.3) is 0 Å². The second-order valence-electron chi connectivity index (χ2n) is 6.01. The first-order chi connectivity index (χ1) is 9.68. The molecule has 0 amide bonds. The molecule has 3 atom stereocenters. The van der Waals surface area contributed by atoms with Crippen molar-refractivity contribution in [2.75, 3.05) is 13.2 Å². The Kier molecular flexibility index (Phi) is 2.53. The molecule has 0 bridgehead atoms. The van der Waals surface area contributed by atoms with E-state index < -0.39 is 5.60 Å². The van der Waals surface area contributed by atoms with Crippen molar-refractivity contribution < 1.29 is 9.84 Å². The van der Waals surface area contributed by atoms with Gasteiger partial charge in [0, 0.05) is 18.1 Å². The molecule has 1 N–H and O–H groups in total. The Morgan fingerprint density at radius 1 is 1.40 bits per heavy atom. The number of aliphatic hydroxyl groups is 1. The van der Waals surface area contributed by atoms with Crippen LogP contribution in [0.3, 0.4) is 0 Å². The minimum Gasteiger partial charge on any atom is -0.390 e. The summed E-state index contributed by atoms with van der Waals surface area (Å²) in [6, 6.07) is 8.50. The van der Waals surface area contributed by atoms with Crippen molar-refractivity contribution >= 4 is 0 Å². The van der Waals surface area contributed by atoms with Crippen molar-refractivity contribution in [2.24, 2.45) is 5.92 Å². The van der Waals surface area contributed by atoms with Gasteiger partial charge in [0.15, 0.2) is 0 Å². The highest BCUT2D eigenvalue weighted by atomic mass is 16.5. The molecule has 0 saturated carbocycles. The summed E-state index contributed by atoms with van der Waals surface area (Å²) < 4.78 is 7.82. The quantitative estimate of drug-likeness (QED) is 0.864. The fourth-order valence-electron chi connectivity index (χ4n) is 3.57. The minimum absolute atomic E-state index is 0.0489. The van der Waals surface area contributed by atoms with Crippen LogP contribution in [0.15, 0.2) is 36.8 Å². The van der Waals surface area contributed by atoms with Gasteiger partial charge in [-0.1, -0.05) is 24.3 Å². The first-order valence-electron chi connectivity index (χ1n) is 7.10. The van der Waals surface area contributed by atoms with Crippen LogP contribution in [-0.4, -0.2) is 33.5 Å². The van der Waals surface area contributed by atoms with Gasteiger partial charge in [-0.15, -0.1) is 0 Å². The predicted molar refractivity (Wildman–Crippen MR) is 75.4 cm³/mol. The van der Waals surface area contributed by atoms with E-state index in [4.69, 9.17) is 4.74 Å². The van der Waals surface area contributed by atoms with E-state index in [0.29, 0.717) is 19.6 Å². The Morgan fingerprint density at radius 3 is 3.10 bits per heavy atom. The van der Waals surface area contributed by atoms with Gasteiger partial charge < -0.3 is 14.4 Å². The number of hydrogen-bond donors (Lipinski definition) is 1. The third-order valence-electron chi connectivity index (χ3n) is 4.75. The van der Waals surface area contributed by atoms with Gasteiger partial charge in [-0.25, -0.2) is 4.98 Å². The van der Waals surface area contributed by atoms with E-state index in [-0.39, 0.29) is 12.0 Å². The Balaban J connectivity index is 1.86. The summed E-state index contributed by atoms with van der Waals surface area (Å²) in [6.07, 6.45) is 4.45. The molecule has 0 spiro atoms. The summed E-state index contributed by atoms with van der Waals surface area (Å²) in [4.78, 5) is 4.28. The smallest absolute Gasteiger partial charge is 0.0956 e. The van der Waals surface area contributed by atoms with Crippen LogP contribution in [0.2, 0.25) is 0 Å². The number of ether oxygens (including phenoxy) is 1. The van der Waals surface area contributed by atoms with E-state index in [1.807, 2.05) is 25.5 Å². The van der Waals surface area contributed by atoms with Crippen LogP contribution in [0.1, 0.15) is 24.9 Å². The van der Waals surface area contributed by atoms with Crippen molar-refractivity contribution in [1.29, 1.82) is 0 Å². The number of rotatable bonds is 1. The summed E-state index contributed by atoms with van der Waals surface area (Å²) in [6.45, 7) is 3.15. The Labute approximate surface area is 118 Å². The zero-order valence-corrected chi connectivity index (χ0v) is 11.5. The maximum atomic E-state index is 10.8. The average molecular weight is 270 g/mol. The van der Waals surface area contributed by atoms with Gasteiger partial charge in [0.05, 0.1) is 36.5 Å². The second kappa shape index (κ2) is 4.17. The maximum Gasteiger partial charge on any atom is 0.0956 e. The summed E-state index contributed by atoms with van der Waals surface area (Å²) in [5.41, 5.74) is 2.91. The predicted octanol–water partition coefficient (Wildman–Crippen LogP) is 2.24. The monoisotopic (exact) mass is 270 g/mol. The zero-order chi connectivity index (χ0) is 13.7. The van der Waals surface area contributed by atoms with Crippen LogP contribution < -0.4 is 0 Å². The third kappa shape index (κ3) is 1.58. The van der Waals surface area contributed by atoms with Gasteiger partial charge in [0.2, 0.25) is 0 Å². The van der Waals surface area contributed by atoms with Gasteiger partial charge >= 0.3 is 0 Å². The van der Waals surface area contributed by atoms with Crippen molar-refractivity contribution in [1.82, 2.24) is 9.55 Å². The molecule has 2 aliphatic rings. The molecule has 1 unspecified atom stereocenters. The van der Waals surface area contributed by atoms with Gasteiger partial charge in [-0.3, -0.25) is 0 Å². The van der Waals surface area contributed by atoms with Crippen LogP contribution in [0, 0.1) is 5.92 Å². The molecule has 1 aromatic carbocycles. The summed E-state index contributed by atoms with van der Waals surface area (Å²) >= 11 is 0. The molecule has 104 valence electrons. The average Bonchev–Trinajstić information content (AvgIpc) is 3.00. The molecular weight excluding hydrogens is 252 g/mol. The number of aromatic nitrogens is 2. The second-order valence-corrected chi connectivity index (χ2v) is 6.01. The Morgan fingerprint density at radius 2 is 2.25 bits per heavy atom. The van der Waals surface area contributed by atoms with Crippen LogP contribution in [-0.2, 0) is 4.74 Å². The van der Waals surface area contributed by atoms with Crippen molar-refractivity contribution in [3.63, 3.8) is 0 Å². The van der Waals surface area contributed by atoms with Crippen molar-refractivity contribution in [3.8, 4) is 11.3 Å². The SMILES string of the molecule is C[C@]1(O)CCOC[C@H]1C1c2ccccc2-c2cncn21. The highest BCUT2D eigenvalue weighted by Gasteiger charge is 2.45. The fraction of sp³-hybridized carbons (Fsp3) is 0.438. The Bertz CT molecular complexity index is 647. The highest BCUT2D eigenvalue weighted by Crippen LogP contribution is 2.47. The topological polar surface area (TPSA) is 47.3 Å². The van der Waals surface area contributed by atoms with Gasteiger partial charge in [-0.05, 0) is 18.9 Å². The highest BCUT2D eigenvalue weighted by molar-refractivity contribution is 5.69. The molecule has 20 heavy (non-hydrogen) atoms. The molecule has 4 heteroatoms. The van der Waals surface area contributed by atoms with E-state index in [0.717, 1.165) is 5.69 Å². The van der Waals surface area contributed by atoms with E-state index in [9.17, 15) is 5.11 Å². The summed E-state index contributed by atoms with van der Waals surface area (Å²) in [7, 11) is 0. The molecular formula is C16H18N2O2. The molecule has 0 radical (unpaired) electrons. The summed E-state index contributed by atoms with van der Waals surface area (Å²) in [5.74, 6) is 0.0489. The molecule has 2 aromatic rings. The lowest BCUT2D eigenvalue weighted by Gasteiger charge is -2.41. The number of imidazole rings is 1. The van der Waals surface area contributed by atoms with Crippen LogP contribution in [0.5, 0.6) is 0 Å². The fourth-order valence-corrected chi connectivity index (χ4v) is 3.57. The molecule has 1 aromatic heterocycles. The molecule has 4 nitrogen and oxygen atoms in total. The molecule has 2 aliphatic heterocycles. The van der Waals surface area contributed by atoms with Crippen molar-refractivity contribution in [2.45, 2.75) is 25.0 Å². The molecule has 4 rings (SSSR count). The standard InChI is InChI=1S/C16H18N2O2/c1-16(19)6-7-20-9-13(16)15-12-5-3-2-4-11(12)14-8-17-10-18(14)15/h2-5,8,10,13,15,19H,6-7,9H2,1H3/t13-,15?,16-/m0/s1. The van der Waals surface area contributed by atoms with E-state index in [2.05, 4.69) is 27.8 Å².